The third kappa shape index (κ3) is 4.04. The summed E-state index contributed by atoms with van der Waals surface area (Å²) in [5.41, 5.74) is 7.79. The molecule has 1 atom stereocenters. The van der Waals surface area contributed by atoms with Gasteiger partial charge in [0.25, 0.3) is 0 Å². The molecule has 4 heteroatoms. The van der Waals surface area contributed by atoms with Crippen molar-refractivity contribution >= 4 is 5.91 Å². The Morgan fingerprint density at radius 1 is 1.44 bits per heavy atom. The molecule has 0 aliphatic heterocycles. The summed E-state index contributed by atoms with van der Waals surface area (Å²) in [6, 6.07) is 5.62. The van der Waals surface area contributed by atoms with Crippen molar-refractivity contribution in [2.45, 2.75) is 26.8 Å². The van der Waals surface area contributed by atoms with Crippen LogP contribution in [0.5, 0.6) is 5.75 Å². The maximum Gasteiger partial charge on any atom is 0.239 e. The van der Waals surface area contributed by atoms with E-state index in [0.717, 1.165) is 16.9 Å². The molecule has 0 radical (unpaired) electrons. The quantitative estimate of drug-likeness (QED) is 0.861. The van der Waals surface area contributed by atoms with Crippen molar-refractivity contribution in [1.29, 1.82) is 0 Å². The monoisotopic (exact) mass is 250 g/mol. The molecule has 0 aliphatic carbocycles. The number of carbonyl (C=O) groups is 1. The molecule has 2 N–H and O–H groups in total. The van der Waals surface area contributed by atoms with Gasteiger partial charge in [-0.25, -0.2) is 0 Å². The van der Waals surface area contributed by atoms with Gasteiger partial charge in [0.15, 0.2) is 0 Å². The van der Waals surface area contributed by atoms with Crippen LogP contribution in [0.15, 0.2) is 18.2 Å². The van der Waals surface area contributed by atoms with Crippen LogP contribution >= 0.6 is 0 Å². The molecule has 0 aromatic heterocycles. The molecule has 100 valence electrons. The van der Waals surface area contributed by atoms with Gasteiger partial charge >= 0.3 is 0 Å². The van der Waals surface area contributed by atoms with Crippen LogP contribution in [-0.2, 0) is 4.79 Å². The zero-order valence-corrected chi connectivity index (χ0v) is 11.6. The normalized spacial score (nSPS) is 12.1. The number of amides is 1. The van der Waals surface area contributed by atoms with Crippen molar-refractivity contribution in [3.63, 3.8) is 0 Å². The number of rotatable bonds is 5. The van der Waals surface area contributed by atoms with Gasteiger partial charge in [-0.15, -0.1) is 0 Å². The highest BCUT2D eigenvalue weighted by molar-refractivity contribution is 5.80. The number of likely N-dealkylation sites (N-methyl/N-ethyl adjacent to an activating group) is 1. The summed E-state index contributed by atoms with van der Waals surface area (Å²) >= 11 is 0. The summed E-state index contributed by atoms with van der Waals surface area (Å²) < 4.78 is 5.68. The number of aryl methyl sites for hydroxylation is 2. The first kappa shape index (κ1) is 14.5. The molecule has 0 aliphatic rings. The molecule has 0 spiro atoms. The molecule has 1 unspecified atom stereocenters. The van der Waals surface area contributed by atoms with Gasteiger partial charge in [-0.2, -0.15) is 0 Å². The summed E-state index contributed by atoms with van der Waals surface area (Å²) in [6.45, 7) is 6.72. The second-order valence-electron chi connectivity index (χ2n) is 4.67. The number of nitrogens with zero attached hydrogens (tertiary/aromatic N) is 1. The minimum atomic E-state index is -0.462. The fourth-order valence-electron chi connectivity index (χ4n) is 1.61. The molecular weight excluding hydrogens is 228 g/mol. The van der Waals surface area contributed by atoms with Crippen molar-refractivity contribution in [2.75, 3.05) is 20.2 Å². The molecule has 0 heterocycles. The Hall–Kier alpha value is -1.55. The van der Waals surface area contributed by atoms with E-state index in [9.17, 15) is 4.79 Å². The zero-order valence-electron chi connectivity index (χ0n) is 11.6. The lowest BCUT2D eigenvalue weighted by Gasteiger charge is -2.19. The van der Waals surface area contributed by atoms with Gasteiger partial charge in [-0.05, 0) is 38.0 Å². The molecule has 18 heavy (non-hydrogen) atoms. The number of carbonyl (C=O) groups excluding carboxylic acids is 1. The summed E-state index contributed by atoms with van der Waals surface area (Å²) in [7, 11) is 1.73. The van der Waals surface area contributed by atoms with E-state index >= 15 is 0 Å². The first-order valence-electron chi connectivity index (χ1n) is 6.12. The van der Waals surface area contributed by atoms with Crippen LogP contribution in [0.2, 0.25) is 0 Å². The van der Waals surface area contributed by atoms with Crippen molar-refractivity contribution in [1.82, 2.24) is 4.90 Å². The van der Waals surface area contributed by atoms with Crippen LogP contribution in [0.3, 0.4) is 0 Å². The van der Waals surface area contributed by atoms with Crippen LogP contribution in [-0.4, -0.2) is 37.0 Å². The number of benzene rings is 1. The maximum absolute atomic E-state index is 11.6. The number of hydrogen-bond donors (Lipinski definition) is 1. The highest BCUT2D eigenvalue weighted by atomic mass is 16.5. The van der Waals surface area contributed by atoms with E-state index < -0.39 is 6.04 Å². The predicted molar refractivity (Wildman–Crippen MR) is 72.7 cm³/mol. The second kappa shape index (κ2) is 6.40. The van der Waals surface area contributed by atoms with E-state index in [1.54, 1.807) is 18.9 Å². The number of nitrogens with two attached hydrogens (primary N) is 1. The van der Waals surface area contributed by atoms with Gasteiger partial charge in [0, 0.05) is 7.05 Å². The first-order valence-corrected chi connectivity index (χ1v) is 6.12. The third-order valence-corrected chi connectivity index (χ3v) is 2.79. The maximum atomic E-state index is 11.6. The summed E-state index contributed by atoms with van der Waals surface area (Å²) in [5, 5.41) is 0. The van der Waals surface area contributed by atoms with E-state index in [2.05, 4.69) is 0 Å². The molecule has 1 aromatic rings. The Labute approximate surface area is 109 Å². The Bertz CT molecular complexity index is 416. The minimum absolute atomic E-state index is 0.0698. The van der Waals surface area contributed by atoms with Gasteiger partial charge in [-0.3, -0.25) is 4.79 Å². The molecule has 0 fully saturated rings. The summed E-state index contributed by atoms with van der Waals surface area (Å²) in [5.74, 6) is 0.802. The lowest BCUT2D eigenvalue weighted by atomic mass is 10.1. The van der Waals surface area contributed by atoms with Crippen molar-refractivity contribution in [3.05, 3.63) is 29.3 Å². The smallest absolute Gasteiger partial charge is 0.239 e. The fourth-order valence-corrected chi connectivity index (χ4v) is 1.61. The van der Waals surface area contributed by atoms with E-state index in [1.165, 1.54) is 0 Å². The molecule has 1 aromatic carbocycles. The SMILES string of the molecule is Cc1ccc(C)c(OCCN(C)C(=O)C(C)N)c1. The summed E-state index contributed by atoms with van der Waals surface area (Å²) in [4.78, 5) is 13.1. The van der Waals surface area contributed by atoms with Gasteiger partial charge in [0.1, 0.15) is 12.4 Å². The highest BCUT2D eigenvalue weighted by Crippen LogP contribution is 2.18. The van der Waals surface area contributed by atoms with E-state index in [1.807, 2.05) is 32.0 Å². The molecule has 0 bridgehead atoms. The standard InChI is InChI=1S/C14H22N2O2/c1-10-5-6-11(2)13(9-10)18-8-7-16(4)14(17)12(3)15/h5-6,9,12H,7-8,15H2,1-4H3. The Morgan fingerprint density at radius 3 is 2.72 bits per heavy atom. The molecule has 4 nitrogen and oxygen atoms in total. The number of hydrogen-bond acceptors (Lipinski definition) is 3. The summed E-state index contributed by atoms with van der Waals surface area (Å²) in [6.07, 6.45) is 0. The van der Waals surface area contributed by atoms with E-state index in [0.29, 0.717) is 13.2 Å². The Morgan fingerprint density at radius 2 is 2.11 bits per heavy atom. The van der Waals surface area contributed by atoms with Crippen molar-refractivity contribution in [3.8, 4) is 5.75 Å². The topological polar surface area (TPSA) is 55.6 Å². The van der Waals surface area contributed by atoms with E-state index in [-0.39, 0.29) is 5.91 Å². The molecule has 0 saturated carbocycles. The second-order valence-corrected chi connectivity index (χ2v) is 4.67. The van der Waals surface area contributed by atoms with Crippen LogP contribution in [0.4, 0.5) is 0 Å². The minimum Gasteiger partial charge on any atom is -0.491 e. The van der Waals surface area contributed by atoms with Crippen LogP contribution in [0, 0.1) is 13.8 Å². The van der Waals surface area contributed by atoms with Crippen LogP contribution < -0.4 is 10.5 Å². The van der Waals surface area contributed by atoms with Crippen molar-refractivity contribution < 1.29 is 9.53 Å². The molecule has 1 amide bonds. The van der Waals surface area contributed by atoms with Gasteiger partial charge in [0.05, 0.1) is 12.6 Å². The third-order valence-electron chi connectivity index (χ3n) is 2.79. The largest absolute Gasteiger partial charge is 0.491 e. The predicted octanol–water partition coefficient (Wildman–Crippen LogP) is 1.49. The Balaban J connectivity index is 2.47. The Kier molecular flexibility index (Phi) is 5.16. The molecule has 0 saturated heterocycles. The lowest BCUT2D eigenvalue weighted by Crippen LogP contribution is -2.41. The van der Waals surface area contributed by atoms with Gasteiger partial charge < -0.3 is 15.4 Å². The average Bonchev–Trinajstić information content (AvgIpc) is 2.32. The van der Waals surface area contributed by atoms with Gasteiger partial charge in [0.2, 0.25) is 5.91 Å². The zero-order chi connectivity index (χ0) is 13.7. The van der Waals surface area contributed by atoms with Crippen molar-refractivity contribution in [2.24, 2.45) is 5.73 Å². The number of ether oxygens (including phenoxy) is 1. The van der Waals surface area contributed by atoms with E-state index in [4.69, 9.17) is 10.5 Å². The molecular formula is C14H22N2O2. The van der Waals surface area contributed by atoms with Gasteiger partial charge in [-0.1, -0.05) is 12.1 Å². The van der Waals surface area contributed by atoms with Crippen LogP contribution in [0.25, 0.3) is 0 Å². The lowest BCUT2D eigenvalue weighted by molar-refractivity contribution is -0.131. The van der Waals surface area contributed by atoms with Crippen LogP contribution in [0.1, 0.15) is 18.1 Å². The first-order chi connectivity index (χ1) is 8.41. The molecule has 1 rings (SSSR count). The average molecular weight is 250 g/mol. The highest BCUT2D eigenvalue weighted by Gasteiger charge is 2.12. The fraction of sp³-hybridized carbons (Fsp3) is 0.500.